The molecule has 23 heavy (non-hydrogen) atoms. The molecule has 0 aromatic rings. The number of carbonyl (C=O) groups excluding carboxylic acids is 2. The Morgan fingerprint density at radius 2 is 1.96 bits per heavy atom. The topological polar surface area (TPSA) is 99.1 Å². The molecule has 6 unspecified atom stereocenters. The summed E-state index contributed by atoms with van der Waals surface area (Å²) in [5.41, 5.74) is -0.574. The van der Waals surface area contributed by atoms with Crippen LogP contribution in [-0.2, 0) is 28.6 Å². The third-order valence-corrected chi connectivity index (χ3v) is 5.07. The quantitative estimate of drug-likeness (QED) is 0.590. The molecular formula is C16H22O7. The average molecular weight is 326 g/mol. The van der Waals surface area contributed by atoms with Crippen LogP contribution in [0, 0.1) is 29.1 Å². The Kier molecular flexibility index (Phi) is 3.86. The van der Waals surface area contributed by atoms with Gasteiger partial charge in [0, 0.05) is 11.8 Å². The molecule has 0 aromatic heterocycles. The van der Waals surface area contributed by atoms with Gasteiger partial charge in [-0.1, -0.05) is 0 Å². The van der Waals surface area contributed by atoms with Crippen LogP contribution in [0.3, 0.4) is 0 Å². The van der Waals surface area contributed by atoms with Crippen molar-refractivity contribution in [3.63, 3.8) is 0 Å². The molecule has 3 rings (SSSR count). The van der Waals surface area contributed by atoms with E-state index < -0.39 is 35.3 Å². The van der Waals surface area contributed by atoms with Gasteiger partial charge in [0.2, 0.25) is 0 Å². The van der Waals surface area contributed by atoms with Crippen LogP contribution in [0.25, 0.3) is 0 Å². The summed E-state index contributed by atoms with van der Waals surface area (Å²) in [5.74, 6) is -3.22. The van der Waals surface area contributed by atoms with Crippen molar-refractivity contribution < 1.29 is 33.7 Å². The van der Waals surface area contributed by atoms with Gasteiger partial charge in [0.15, 0.2) is 0 Å². The molecular weight excluding hydrogens is 304 g/mol. The van der Waals surface area contributed by atoms with Crippen LogP contribution in [0.5, 0.6) is 0 Å². The van der Waals surface area contributed by atoms with Crippen molar-refractivity contribution in [2.45, 2.75) is 39.4 Å². The van der Waals surface area contributed by atoms with E-state index in [1.807, 2.05) is 0 Å². The van der Waals surface area contributed by atoms with Crippen molar-refractivity contribution in [2.75, 3.05) is 13.2 Å². The Morgan fingerprint density at radius 1 is 1.26 bits per heavy atom. The first kappa shape index (κ1) is 16.2. The fourth-order valence-corrected chi connectivity index (χ4v) is 4.08. The highest BCUT2D eigenvalue weighted by Crippen LogP contribution is 2.58. The number of fused-ring (bicyclic) bond motifs is 1. The summed E-state index contributed by atoms with van der Waals surface area (Å²) < 4.78 is 16.2. The molecule has 3 aliphatic rings. The Bertz CT molecular complexity index is 535. The van der Waals surface area contributed by atoms with Crippen molar-refractivity contribution >= 4 is 17.9 Å². The molecule has 1 heterocycles. The number of carboxylic acid groups (broad SMARTS) is 1. The van der Waals surface area contributed by atoms with Gasteiger partial charge in [0.05, 0.1) is 30.0 Å². The molecule has 7 nitrogen and oxygen atoms in total. The average Bonchev–Trinajstić information content (AvgIpc) is 3.03. The molecule has 6 atom stereocenters. The number of aliphatic carboxylic acids is 1. The van der Waals surface area contributed by atoms with Crippen LogP contribution in [-0.4, -0.2) is 48.4 Å². The number of rotatable bonds is 5. The van der Waals surface area contributed by atoms with Gasteiger partial charge >= 0.3 is 17.9 Å². The summed E-state index contributed by atoms with van der Waals surface area (Å²) in [6.45, 7) is 5.57. The largest absolute Gasteiger partial charge is 0.481 e. The molecule has 128 valence electrons. The standard InChI is InChI=1S/C16H22O7/c1-16(2,3)15(20)22-5-4-21-11-7-6-8-10(9(7)13(17)18)14(19)23-12(8)11/h7-12H,4-6H2,1-3H3,(H,17,18). The van der Waals surface area contributed by atoms with Gasteiger partial charge in [0.25, 0.3) is 0 Å². The van der Waals surface area contributed by atoms with Crippen molar-refractivity contribution in [1.29, 1.82) is 0 Å². The zero-order valence-electron chi connectivity index (χ0n) is 13.5. The summed E-state index contributed by atoms with van der Waals surface area (Å²) in [5, 5.41) is 9.39. The number of hydrogen-bond donors (Lipinski definition) is 1. The minimum Gasteiger partial charge on any atom is -0.481 e. The molecule has 0 amide bonds. The maximum atomic E-state index is 11.9. The predicted octanol–water partition coefficient (Wildman–Crippen LogP) is 0.853. The van der Waals surface area contributed by atoms with Crippen molar-refractivity contribution in [1.82, 2.24) is 0 Å². The van der Waals surface area contributed by atoms with Crippen LogP contribution in [0.4, 0.5) is 0 Å². The van der Waals surface area contributed by atoms with Gasteiger partial charge in [-0.2, -0.15) is 0 Å². The number of carbonyl (C=O) groups is 3. The number of ether oxygens (including phenoxy) is 3. The van der Waals surface area contributed by atoms with E-state index in [-0.39, 0.29) is 37.1 Å². The molecule has 0 aromatic carbocycles. The van der Waals surface area contributed by atoms with E-state index in [2.05, 4.69) is 0 Å². The lowest BCUT2D eigenvalue weighted by atomic mass is 9.78. The number of hydrogen-bond acceptors (Lipinski definition) is 6. The maximum absolute atomic E-state index is 11.9. The molecule has 7 heteroatoms. The summed E-state index contributed by atoms with van der Waals surface area (Å²) >= 11 is 0. The highest BCUT2D eigenvalue weighted by Gasteiger charge is 2.69. The lowest BCUT2D eigenvalue weighted by Crippen LogP contribution is -2.42. The first-order valence-corrected chi connectivity index (χ1v) is 7.94. The first-order valence-electron chi connectivity index (χ1n) is 7.94. The lowest BCUT2D eigenvalue weighted by molar-refractivity contribution is -0.157. The lowest BCUT2D eigenvalue weighted by Gasteiger charge is -2.29. The maximum Gasteiger partial charge on any atom is 0.311 e. The van der Waals surface area contributed by atoms with E-state index in [4.69, 9.17) is 14.2 Å². The summed E-state index contributed by atoms with van der Waals surface area (Å²) in [4.78, 5) is 35.0. The van der Waals surface area contributed by atoms with Crippen molar-refractivity contribution in [3.05, 3.63) is 0 Å². The Morgan fingerprint density at radius 3 is 2.57 bits per heavy atom. The zero-order valence-corrected chi connectivity index (χ0v) is 13.5. The Labute approximate surface area is 134 Å². The van der Waals surface area contributed by atoms with Crippen molar-refractivity contribution in [2.24, 2.45) is 29.1 Å². The van der Waals surface area contributed by atoms with E-state index in [1.165, 1.54) is 0 Å². The summed E-state index contributed by atoms with van der Waals surface area (Å²) in [7, 11) is 0. The molecule has 1 N–H and O–H groups in total. The molecule has 2 bridgehead atoms. The van der Waals surface area contributed by atoms with Gasteiger partial charge in [-0.15, -0.1) is 0 Å². The Hall–Kier alpha value is -1.63. The van der Waals surface area contributed by atoms with E-state index >= 15 is 0 Å². The normalized spacial score (nSPS) is 37.8. The van der Waals surface area contributed by atoms with Gasteiger partial charge in [-0.3, -0.25) is 14.4 Å². The molecule has 2 saturated carbocycles. The smallest absolute Gasteiger partial charge is 0.311 e. The van der Waals surface area contributed by atoms with E-state index in [9.17, 15) is 19.5 Å². The molecule has 1 saturated heterocycles. The van der Waals surface area contributed by atoms with Gasteiger partial charge in [0.1, 0.15) is 12.7 Å². The third-order valence-electron chi connectivity index (χ3n) is 5.07. The van der Waals surface area contributed by atoms with Crippen LogP contribution >= 0.6 is 0 Å². The zero-order chi connectivity index (χ0) is 16.9. The van der Waals surface area contributed by atoms with Crippen LogP contribution in [0.1, 0.15) is 27.2 Å². The monoisotopic (exact) mass is 326 g/mol. The minimum atomic E-state index is -0.965. The Balaban J connectivity index is 1.57. The van der Waals surface area contributed by atoms with Crippen molar-refractivity contribution in [3.8, 4) is 0 Å². The summed E-state index contributed by atoms with van der Waals surface area (Å²) in [6.07, 6.45) is -0.131. The second-order valence-corrected chi connectivity index (χ2v) is 7.58. The molecule has 0 radical (unpaired) electrons. The van der Waals surface area contributed by atoms with Gasteiger partial charge in [-0.25, -0.2) is 0 Å². The van der Waals surface area contributed by atoms with E-state index in [0.29, 0.717) is 6.42 Å². The molecule has 1 aliphatic heterocycles. The molecule has 2 aliphatic carbocycles. The minimum absolute atomic E-state index is 0.0595. The SMILES string of the molecule is CC(C)(C)C(=O)OCCOC1C2CC3C1OC(=O)C3C2C(=O)O. The van der Waals surface area contributed by atoms with E-state index in [0.717, 1.165) is 0 Å². The molecule has 3 fully saturated rings. The number of carboxylic acids is 1. The fraction of sp³-hybridized carbons (Fsp3) is 0.812. The molecule has 0 spiro atoms. The highest BCUT2D eigenvalue weighted by atomic mass is 16.6. The van der Waals surface area contributed by atoms with E-state index in [1.54, 1.807) is 20.8 Å². The highest BCUT2D eigenvalue weighted by molar-refractivity contribution is 5.85. The third kappa shape index (κ3) is 2.60. The number of esters is 2. The van der Waals surface area contributed by atoms with Crippen LogP contribution in [0.2, 0.25) is 0 Å². The van der Waals surface area contributed by atoms with Crippen LogP contribution in [0.15, 0.2) is 0 Å². The first-order chi connectivity index (χ1) is 10.7. The summed E-state index contributed by atoms with van der Waals surface area (Å²) in [6, 6.07) is 0. The predicted molar refractivity (Wildman–Crippen MR) is 76.2 cm³/mol. The van der Waals surface area contributed by atoms with Crippen LogP contribution < -0.4 is 0 Å². The fourth-order valence-electron chi connectivity index (χ4n) is 4.08. The second kappa shape index (κ2) is 5.47. The van der Waals surface area contributed by atoms with Gasteiger partial charge < -0.3 is 19.3 Å². The van der Waals surface area contributed by atoms with Gasteiger partial charge in [-0.05, 0) is 27.2 Å². The second-order valence-electron chi connectivity index (χ2n) is 7.58.